The highest BCUT2D eigenvalue weighted by Crippen LogP contribution is 2.21. The number of carbonyl (C=O) groups excluding carboxylic acids is 1. The molecule has 0 radical (unpaired) electrons. The highest BCUT2D eigenvalue weighted by atomic mass is 16.2. The summed E-state index contributed by atoms with van der Waals surface area (Å²) in [6.07, 6.45) is 3.52. The van der Waals surface area contributed by atoms with Gasteiger partial charge in [-0.25, -0.2) is 9.97 Å². The minimum absolute atomic E-state index is 0.0446. The summed E-state index contributed by atoms with van der Waals surface area (Å²) in [7, 11) is 0. The predicted molar refractivity (Wildman–Crippen MR) is 105 cm³/mol. The summed E-state index contributed by atoms with van der Waals surface area (Å²) in [6.45, 7) is 12.7. The lowest BCUT2D eigenvalue weighted by Crippen LogP contribution is -2.50. The quantitative estimate of drug-likeness (QED) is 0.825. The van der Waals surface area contributed by atoms with Gasteiger partial charge in [-0.1, -0.05) is 0 Å². The van der Waals surface area contributed by atoms with Gasteiger partial charge in [-0.05, 0) is 33.8 Å². The lowest BCUT2D eigenvalue weighted by molar-refractivity contribution is -0.123. The van der Waals surface area contributed by atoms with Crippen molar-refractivity contribution < 1.29 is 4.79 Å². The second-order valence-electron chi connectivity index (χ2n) is 7.00. The topological polar surface area (TPSA) is 79.2 Å². The lowest BCUT2D eigenvalue weighted by Gasteiger charge is -2.34. The molecule has 0 saturated carbocycles. The molecule has 0 bridgehead atoms. The number of hydrogen-bond acceptors (Lipinski definition) is 6. The minimum atomic E-state index is -0.0446. The van der Waals surface area contributed by atoms with Crippen LogP contribution in [0.4, 0.5) is 5.95 Å². The highest BCUT2D eigenvalue weighted by molar-refractivity contribution is 5.78. The zero-order chi connectivity index (χ0) is 19.4. The molecular formula is C19H29N7O. The molecule has 0 aliphatic carbocycles. The molecule has 8 nitrogen and oxygen atoms in total. The van der Waals surface area contributed by atoms with Crippen molar-refractivity contribution in [3.63, 3.8) is 0 Å². The Hall–Kier alpha value is -2.48. The molecule has 3 rings (SSSR count). The third kappa shape index (κ3) is 4.44. The molecule has 1 fully saturated rings. The normalized spacial score (nSPS) is 16.4. The monoisotopic (exact) mass is 371 g/mol. The van der Waals surface area contributed by atoms with Gasteiger partial charge in [0, 0.05) is 56.4 Å². The number of piperazine rings is 1. The molecule has 1 saturated heterocycles. The van der Waals surface area contributed by atoms with Crippen LogP contribution in [-0.2, 0) is 11.3 Å². The SMILES string of the molecule is CCn1nc(C)c(C(C)NC(=O)CN2CCN(c3ncccn3)CC2)c1C. The van der Waals surface area contributed by atoms with Gasteiger partial charge in [0.15, 0.2) is 0 Å². The summed E-state index contributed by atoms with van der Waals surface area (Å²) >= 11 is 0. The van der Waals surface area contributed by atoms with Crippen LogP contribution in [0.5, 0.6) is 0 Å². The summed E-state index contributed by atoms with van der Waals surface area (Å²) < 4.78 is 1.98. The van der Waals surface area contributed by atoms with E-state index in [1.54, 1.807) is 12.4 Å². The number of anilines is 1. The van der Waals surface area contributed by atoms with E-state index >= 15 is 0 Å². The standard InChI is InChI=1S/C19H29N7O/c1-5-26-16(4)18(15(3)23-26)14(2)22-17(27)13-24-9-11-25(12-10-24)19-20-7-6-8-21-19/h6-8,14H,5,9-13H2,1-4H3,(H,22,27). The largest absolute Gasteiger partial charge is 0.348 e. The van der Waals surface area contributed by atoms with Crippen LogP contribution in [0.3, 0.4) is 0 Å². The summed E-state index contributed by atoms with van der Waals surface area (Å²) in [6, 6.07) is 1.77. The molecule has 3 heterocycles. The van der Waals surface area contributed by atoms with E-state index in [0.717, 1.165) is 55.6 Å². The van der Waals surface area contributed by atoms with Gasteiger partial charge in [0.05, 0.1) is 18.3 Å². The first-order chi connectivity index (χ1) is 13.0. The van der Waals surface area contributed by atoms with Crippen LogP contribution in [0.1, 0.15) is 36.8 Å². The second-order valence-corrected chi connectivity index (χ2v) is 7.00. The van der Waals surface area contributed by atoms with E-state index in [4.69, 9.17) is 0 Å². The third-order valence-electron chi connectivity index (χ3n) is 5.12. The fourth-order valence-electron chi connectivity index (χ4n) is 3.77. The Labute approximate surface area is 160 Å². The van der Waals surface area contributed by atoms with E-state index in [0.29, 0.717) is 6.54 Å². The maximum absolute atomic E-state index is 12.5. The highest BCUT2D eigenvalue weighted by Gasteiger charge is 2.23. The molecule has 2 aromatic rings. The number of carbonyl (C=O) groups is 1. The van der Waals surface area contributed by atoms with E-state index in [-0.39, 0.29) is 11.9 Å². The Balaban J connectivity index is 1.51. The van der Waals surface area contributed by atoms with E-state index in [1.165, 1.54) is 0 Å². The molecule has 1 amide bonds. The van der Waals surface area contributed by atoms with Gasteiger partial charge in [-0.15, -0.1) is 0 Å². The summed E-state index contributed by atoms with van der Waals surface area (Å²) in [5.41, 5.74) is 3.23. The van der Waals surface area contributed by atoms with Gasteiger partial charge in [-0.3, -0.25) is 14.4 Å². The van der Waals surface area contributed by atoms with E-state index < -0.39 is 0 Å². The van der Waals surface area contributed by atoms with Crippen LogP contribution in [0.15, 0.2) is 18.5 Å². The maximum Gasteiger partial charge on any atom is 0.234 e. The van der Waals surface area contributed by atoms with Crippen molar-refractivity contribution in [1.82, 2.24) is 30.0 Å². The van der Waals surface area contributed by atoms with Crippen molar-refractivity contribution >= 4 is 11.9 Å². The van der Waals surface area contributed by atoms with Gasteiger partial charge in [0.2, 0.25) is 11.9 Å². The van der Waals surface area contributed by atoms with E-state index in [9.17, 15) is 4.79 Å². The summed E-state index contributed by atoms with van der Waals surface area (Å²) in [5, 5.41) is 7.68. The van der Waals surface area contributed by atoms with Crippen LogP contribution < -0.4 is 10.2 Å². The van der Waals surface area contributed by atoms with Crippen molar-refractivity contribution in [3.05, 3.63) is 35.4 Å². The minimum Gasteiger partial charge on any atom is -0.348 e. The van der Waals surface area contributed by atoms with Gasteiger partial charge in [0.1, 0.15) is 0 Å². The Morgan fingerprint density at radius 2 is 1.85 bits per heavy atom. The predicted octanol–water partition coefficient (Wildman–Crippen LogP) is 1.31. The number of amides is 1. The summed E-state index contributed by atoms with van der Waals surface area (Å²) in [5.74, 6) is 0.809. The average Bonchev–Trinajstić information content (AvgIpc) is 2.96. The molecule has 1 atom stereocenters. The van der Waals surface area contributed by atoms with E-state index in [1.807, 2.05) is 24.6 Å². The van der Waals surface area contributed by atoms with Gasteiger partial charge in [-0.2, -0.15) is 5.10 Å². The fourth-order valence-corrected chi connectivity index (χ4v) is 3.77. The first kappa shape index (κ1) is 19.3. The maximum atomic E-state index is 12.5. The van der Waals surface area contributed by atoms with Crippen molar-refractivity contribution in [1.29, 1.82) is 0 Å². The molecule has 1 unspecified atom stereocenters. The van der Waals surface area contributed by atoms with Crippen LogP contribution in [0, 0.1) is 13.8 Å². The molecule has 2 aromatic heterocycles. The summed E-state index contributed by atoms with van der Waals surface area (Å²) in [4.78, 5) is 25.5. The number of nitrogens with zero attached hydrogens (tertiary/aromatic N) is 6. The number of aromatic nitrogens is 4. The van der Waals surface area contributed by atoms with Crippen LogP contribution >= 0.6 is 0 Å². The molecule has 0 spiro atoms. The number of nitrogens with one attached hydrogen (secondary N) is 1. The smallest absolute Gasteiger partial charge is 0.234 e. The van der Waals surface area contributed by atoms with Crippen LogP contribution in [-0.4, -0.2) is 63.3 Å². The molecule has 146 valence electrons. The van der Waals surface area contributed by atoms with E-state index in [2.05, 4.69) is 44.0 Å². The Bertz CT molecular complexity index is 766. The molecule has 1 aliphatic rings. The van der Waals surface area contributed by atoms with Gasteiger partial charge >= 0.3 is 0 Å². The molecule has 27 heavy (non-hydrogen) atoms. The molecule has 0 aromatic carbocycles. The van der Waals surface area contributed by atoms with Gasteiger partial charge in [0.25, 0.3) is 0 Å². The van der Waals surface area contributed by atoms with Crippen molar-refractivity contribution in [3.8, 4) is 0 Å². The molecule has 8 heteroatoms. The Morgan fingerprint density at radius 3 is 2.44 bits per heavy atom. The zero-order valence-corrected chi connectivity index (χ0v) is 16.6. The zero-order valence-electron chi connectivity index (χ0n) is 16.6. The van der Waals surface area contributed by atoms with Crippen LogP contribution in [0.2, 0.25) is 0 Å². The second kappa shape index (κ2) is 8.47. The lowest BCUT2D eigenvalue weighted by atomic mass is 10.1. The Morgan fingerprint density at radius 1 is 1.19 bits per heavy atom. The first-order valence-corrected chi connectivity index (χ1v) is 9.57. The van der Waals surface area contributed by atoms with Gasteiger partial charge < -0.3 is 10.2 Å². The molecule has 1 aliphatic heterocycles. The van der Waals surface area contributed by atoms with Crippen molar-refractivity contribution in [2.75, 3.05) is 37.6 Å². The number of hydrogen-bond donors (Lipinski definition) is 1. The third-order valence-corrected chi connectivity index (χ3v) is 5.12. The van der Waals surface area contributed by atoms with Crippen LogP contribution in [0.25, 0.3) is 0 Å². The number of rotatable bonds is 6. The van der Waals surface area contributed by atoms with Crippen molar-refractivity contribution in [2.24, 2.45) is 0 Å². The molecule has 1 N–H and O–H groups in total. The Kier molecular flexibility index (Phi) is 6.05. The first-order valence-electron chi connectivity index (χ1n) is 9.57. The molecular weight excluding hydrogens is 342 g/mol. The fraction of sp³-hybridized carbons (Fsp3) is 0.579. The number of aryl methyl sites for hydroxylation is 2. The van der Waals surface area contributed by atoms with Crippen molar-refractivity contribution in [2.45, 2.75) is 40.3 Å². The average molecular weight is 371 g/mol.